The molecule has 3 nitrogen and oxygen atoms in total. The van der Waals surface area contributed by atoms with Crippen molar-refractivity contribution < 1.29 is 9.18 Å². The van der Waals surface area contributed by atoms with Crippen LogP contribution in [0, 0.1) is 17.1 Å². The fourth-order valence-corrected chi connectivity index (χ4v) is 3.50. The predicted molar refractivity (Wildman–Crippen MR) is 88.4 cm³/mol. The van der Waals surface area contributed by atoms with Crippen LogP contribution < -0.4 is 5.32 Å². The highest BCUT2D eigenvalue weighted by molar-refractivity contribution is 5.76. The van der Waals surface area contributed by atoms with E-state index >= 15 is 0 Å². The third-order valence-electron chi connectivity index (χ3n) is 4.61. The number of amides is 1. The Bertz CT molecular complexity index is 619. The van der Waals surface area contributed by atoms with Crippen molar-refractivity contribution in [2.24, 2.45) is 0 Å². The molecule has 1 aromatic carbocycles. The maximum atomic E-state index is 14.0. The number of hydrogen-bond acceptors (Lipinski definition) is 2. The Labute approximate surface area is 137 Å². The van der Waals surface area contributed by atoms with Gasteiger partial charge in [-0.2, -0.15) is 5.26 Å². The van der Waals surface area contributed by atoms with Crippen molar-refractivity contribution in [1.29, 1.82) is 5.26 Å². The lowest BCUT2D eigenvalue weighted by Gasteiger charge is -2.30. The van der Waals surface area contributed by atoms with E-state index in [0.29, 0.717) is 6.42 Å². The second-order valence-corrected chi connectivity index (χ2v) is 7.59. The van der Waals surface area contributed by atoms with Crippen LogP contribution in [-0.4, -0.2) is 11.4 Å². The smallest absolute Gasteiger partial charge is 0.220 e. The highest BCUT2D eigenvalue weighted by Crippen LogP contribution is 2.45. The predicted octanol–water partition coefficient (Wildman–Crippen LogP) is 4.20. The van der Waals surface area contributed by atoms with Crippen LogP contribution in [0.25, 0.3) is 0 Å². The molecule has 1 aliphatic carbocycles. The summed E-state index contributed by atoms with van der Waals surface area (Å²) in [7, 11) is 0. The van der Waals surface area contributed by atoms with Crippen LogP contribution in [0.4, 0.5) is 4.39 Å². The summed E-state index contributed by atoms with van der Waals surface area (Å²) in [4.78, 5) is 12.1. The highest BCUT2D eigenvalue weighted by atomic mass is 19.1. The fourth-order valence-electron chi connectivity index (χ4n) is 3.50. The van der Waals surface area contributed by atoms with Gasteiger partial charge in [0, 0.05) is 12.0 Å². The van der Waals surface area contributed by atoms with Gasteiger partial charge in [0.1, 0.15) is 11.9 Å². The van der Waals surface area contributed by atoms with Crippen molar-refractivity contribution in [3.63, 3.8) is 0 Å². The van der Waals surface area contributed by atoms with Crippen molar-refractivity contribution in [3.8, 4) is 6.07 Å². The van der Waals surface area contributed by atoms with Gasteiger partial charge in [-0.15, -0.1) is 0 Å². The molecule has 1 amide bonds. The minimum absolute atomic E-state index is 0.0397. The Morgan fingerprint density at radius 2 is 2.00 bits per heavy atom. The quantitative estimate of drug-likeness (QED) is 0.905. The molecule has 0 bridgehead atoms. The topological polar surface area (TPSA) is 52.9 Å². The number of nitrogens with one attached hydrogen (secondary N) is 1. The molecule has 124 valence electrons. The number of carbonyl (C=O) groups excluding carboxylic acids is 1. The van der Waals surface area contributed by atoms with Crippen LogP contribution >= 0.6 is 0 Å². The molecule has 0 unspecified atom stereocenters. The maximum Gasteiger partial charge on any atom is 0.220 e. The average molecular weight is 316 g/mol. The van der Waals surface area contributed by atoms with Gasteiger partial charge in [0.2, 0.25) is 5.91 Å². The third kappa shape index (κ3) is 4.31. The molecule has 0 heterocycles. The van der Waals surface area contributed by atoms with Crippen molar-refractivity contribution in [3.05, 3.63) is 35.1 Å². The molecule has 1 fully saturated rings. The van der Waals surface area contributed by atoms with Crippen LogP contribution in [0.2, 0.25) is 0 Å². The molecule has 1 saturated carbocycles. The number of halogens is 1. The van der Waals surface area contributed by atoms with E-state index in [2.05, 4.69) is 5.32 Å². The number of benzene rings is 1. The van der Waals surface area contributed by atoms with Gasteiger partial charge >= 0.3 is 0 Å². The van der Waals surface area contributed by atoms with Crippen LogP contribution in [0.1, 0.15) is 70.4 Å². The van der Waals surface area contributed by atoms with Gasteiger partial charge in [-0.1, -0.05) is 18.9 Å². The Kier molecular flexibility index (Phi) is 5.09. The van der Waals surface area contributed by atoms with Gasteiger partial charge in [0.15, 0.2) is 0 Å². The first-order valence-corrected chi connectivity index (χ1v) is 8.27. The van der Waals surface area contributed by atoms with Gasteiger partial charge in [0.25, 0.3) is 0 Å². The fraction of sp³-hybridized carbons (Fsp3) is 0.579. The van der Waals surface area contributed by atoms with Gasteiger partial charge in [0.05, 0.1) is 5.56 Å². The lowest BCUT2D eigenvalue weighted by atomic mass is 9.75. The second-order valence-electron chi connectivity index (χ2n) is 7.59. The van der Waals surface area contributed by atoms with Crippen LogP contribution in [0.5, 0.6) is 0 Å². The molecule has 0 spiro atoms. The number of hydrogen-bond donors (Lipinski definition) is 1. The molecule has 23 heavy (non-hydrogen) atoms. The zero-order chi connectivity index (χ0) is 17.1. The number of carbonyl (C=O) groups is 1. The summed E-state index contributed by atoms with van der Waals surface area (Å²) >= 11 is 0. The molecule has 0 radical (unpaired) electrons. The Morgan fingerprint density at radius 1 is 1.35 bits per heavy atom. The largest absolute Gasteiger partial charge is 0.352 e. The van der Waals surface area contributed by atoms with E-state index in [0.717, 1.165) is 37.7 Å². The molecule has 1 aromatic rings. The molecule has 0 saturated heterocycles. The van der Waals surface area contributed by atoms with E-state index in [9.17, 15) is 9.18 Å². The number of nitriles is 1. The molecule has 4 heteroatoms. The van der Waals surface area contributed by atoms with Crippen LogP contribution in [-0.2, 0) is 10.2 Å². The second kappa shape index (κ2) is 6.70. The maximum absolute atomic E-state index is 14.0. The van der Waals surface area contributed by atoms with Crippen LogP contribution in [0.3, 0.4) is 0 Å². The van der Waals surface area contributed by atoms with Gasteiger partial charge in [-0.25, -0.2) is 4.39 Å². The zero-order valence-corrected chi connectivity index (χ0v) is 14.2. The van der Waals surface area contributed by atoms with Crippen molar-refractivity contribution in [2.45, 2.75) is 70.3 Å². The summed E-state index contributed by atoms with van der Waals surface area (Å²) in [6.45, 7) is 5.89. The summed E-state index contributed by atoms with van der Waals surface area (Å²) in [5, 5.41) is 11.9. The summed E-state index contributed by atoms with van der Waals surface area (Å²) in [6, 6.07) is 6.77. The minimum Gasteiger partial charge on any atom is -0.352 e. The molecule has 1 aliphatic rings. The normalized spacial score (nSPS) is 16.8. The molecule has 0 aromatic heterocycles. The van der Waals surface area contributed by atoms with E-state index in [1.165, 1.54) is 6.07 Å². The summed E-state index contributed by atoms with van der Waals surface area (Å²) in [5.41, 5.74) is 0.632. The monoisotopic (exact) mass is 316 g/mol. The molecule has 0 atom stereocenters. The Morgan fingerprint density at radius 3 is 2.52 bits per heavy atom. The van der Waals surface area contributed by atoms with E-state index in [1.807, 2.05) is 32.9 Å². The van der Waals surface area contributed by atoms with Crippen molar-refractivity contribution >= 4 is 5.91 Å². The summed E-state index contributed by atoms with van der Waals surface area (Å²) in [6.07, 6.45) is 5.31. The summed E-state index contributed by atoms with van der Waals surface area (Å²) < 4.78 is 14.0. The Hall–Kier alpha value is -1.89. The highest BCUT2D eigenvalue weighted by Gasteiger charge is 2.36. The molecule has 0 aliphatic heterocycles. The van der Waals surface area contributed by atoms with E-state index < -0.39 is 5.82 Å². The number of rotatable bonds is 4. The first-order valence-electron chi connectivity index (χ1n) is 8.27. The van der Waals surface area contributed by atoms with Crippen molar-refractivity contribution in [1.82, 2.24) is 5.32 Å². The van der Waals surface area contributed by atoms with E-state index in [-0.39, 0.29) is 22.4 Å². The number of nitrogens with zero attached hydrogens (tertiary/aromatic N) is 1. The van der Waals surface area contributed by atoms with Gasteiger partial charge in [-0.3, -0.25) is 4.79 Å². The zero-order valence-electron chi connectivity index (χ0n) is 14.2. The molecule has 2 rings (SSSR count). The third-order valence-corrected chi connectivity index (χ3v) is 4.61. The SMILES string of the molecule is CC(C)(C)NC(=O)CCC1(c2ccc(C#N)c(F)c2)CCCC1. The Balaban J connectivity index is 2.15. The molecule has 1 N–H and O–H groups in total. The summed E-state index contributed by atoms with van der Waals surface area (Å²) in [5.74, 6) is -0.423. The van der Waals surface area contributed by atoms with Gasteiger partial charge < -0.3 is 5.32 Å². The molecular weight excluding hydrogens is 291 g/mol. The molecular formula is C19H25FN2O. The lowest BCUT2D eigenvalue weighted by molar-refractivity contribution is -0.122. The first-order chi connectivity index (χ1) is 10.8. The standard InChI is InChI=1S/C19H25FN2O/c1-18(2,3)22-17(23)8-11-19(9-4-5-10-19)15-7-6-14(13-21)16(20)12-15/h6-7,12H,4-5,8-11H2,1-3H3,(H,22,23). The van der Waals surface area contributed by atoms with E-state index in [1.54, 1.807) is 6.07 Å². The van der Waals surface area contributed by atoms with E-state index in [4.69, 9.17) is 5.26 Å². The first kappa shape index (κ1) is 17.5. The van der Waals surface area contributed by atoms with Crippen LogP contribution in [0.15, 0.2) is 18.2 Å². The van der Waals surface area contributed by atoms with Gasteiger partial charge in [-0.05, 0) is 63.1 Å². The lowest BCUT2D eigenvalue weighted by Crippen LogP contribution is -2.41. The minimum atomic E-state index is -0.463. The average Bonchev–Trinajstić information content (AvgIpc) is 2.93. The van der Waals surface area contributed by atoms with Crippen molar-refractivity contribution in [2.75, 3.05) is 0 Å².